The summed E-state index contributed by atoms with van der Waals surface area (Å²) >= 11 is 0. The van der Waals surface area contributed by atoms with Crippen molar-refractivity contribution in [2.45, 2.75) is 20.4 Å². The lowest BCUT2D eigenvalue weighted by atomic mass is 10.1. The number of nitrogens with zero attached hydrogens (tertiary/aromatic N) is 3. The first kappa shape index (κ1) is 17.3. The number of carbonyl (C=O) groups excluding carboxylic acids is 1. The third-order valence-corrected chi connectivity index (χ3v) is 3.98. The van der Waals surface area contributed by atoms with Crippen LogP contribution in [0.5, 0.6) is 0 Å². The van der Waals surface area contributed by atoms with Crippen molar-refractivity contribution in [2.75, 3.05) is 5.32 Å². The van der Waals surface area contributed by atoms with Gasteiger partial charge in [-0.15, -0.1) is 0 Å². The number of hydrogen-bond acceptors (Lipinski definition) is 4. The van der Waals surface area contributed by atoms with Gasteiger partial charge in [-0.1, -0.05) is 42.5 Å². The summed E-state index contributed by atoms with van der Waals surface area (Å²) < 4.78 is 1.67. The zero-order valence-electron chi connectivity index (χ0n) is 14.5. The van der Waals surface area contributed by atoms with Gasteiger partial charge in [0.1, 0.15) is 11.4 Å². The van der Waals surface area contributed by atoms with Crippen LogP contribution < -0.4 is 5.32 Å². The molecule has 132 valence electrons. The molecule has 0 spiro atoms. The molecule has 0 unspecified atom stereocenters. The lowest BCUT2D eigenvalue weighted by Crippen LogP contribution is -2.17. The summed E-state index contributed by atoms with van der Waals surface area (Å²) in [4.78, 5) is 23.4. The largest absolute Gasteiger partial charge is 0.307 e. The minimum atomic E-state index is -0.533. The van der Waals surface area contributed by atoms with Gasteiger partial charge in [0, 0.05) is 11.6 Å². The van der Waals surface area contributed by atoms with E-state index >= 15 is 0 Å². The third-order valence-electron chi connectivity index (χ3n) is 3.98. The first-order valence-electron chi connectivity index (χ1n) is 8.09. The van der Waals surface area contributed by atoms with E-state index in [1.807, 2.05) is 37.3 Å². The molecule has 0 saturated carbocycles. The third kappa shape index (κ3) is 3.61. The molecule has 0 bridgehead atoms. The topological polar surface area (TPSA) is 90.1 Å². The second-order valence-electron chi connectivity index (χ2n) is 6.00. The minimum absolute atomic E-state index is 0.0279. The van der Waals surface area contributed by atoms with E-state index < -0.39 is 10.8 Å². The van der Waals surface area contributed by atoms with Crippen LogP contribution in [0.3, 0.4) is 0 Å². The first-order chi connectivity index (χ1) is 12.5. The van der Waals surface area contributed by atoms with E-state index in [4.69, 9.17) is 0 Å². The van der Waals surface area contributed by atoms with Gasteiger partial charge in [-0.2, -0.15) is 5.10 Å². The highest BCUT2D eigenvalue weighted by Gasteiger charge is 2.23. The quantitative estimate of drug-likeness (QED) is 0.561. The summed E-state index contributed by atoms with van der Waals surface area (Å²) in [6.07, 6.45) is 0. The van der Waals surface area contributed by atoms with Crippen molar-refractivity contribution >= 4 is 17.4 Å². The van der Waals surface area contributed by atoms with E-state index in [1.165, 1.54) is 6.07 Å². The van der Waals surface area contributed by atoms with Crippen LogP contribution in [-0.4, -0.2) is 20.6 Å². The van der Waals surface area contributed by atoms with Gasteiger partial charge in [-0.25, -0.2) is 4.68 Å². The maximum absolute atomic E-state index is 12.6. The minimum Gasteiger partial charge on any atom is -0.307 e. The van der Waals surface area contributed by atoms with E-state index in [-0.39, 0.29) is 11.3 Å². The SMILES string of the molecule is Cc1cc(NC(=O)c2cccc(C)c2[N+](=O)[O-])n(Cc2ccccc2)n1. The van der Waals surface area contributed by atoms with Crippen molar-refractivity contribution < 1.29 is 9.72 Å². The highest BCUT2D eigenvalue weighted by Crippen LogP contribution is 2.24. The standard InChI is InChI=1S/C19H18N4O3/c1-13-7-6-10-16(18(13)23(25)26)19(24)20-17-11-14(2)21-22(17)12-15-8-4-3-5-9-15/h3-11H,12H2,1-2H3,(H,20,24). The van der Waals surface area contributed by atoms with Crippen LogP contribution >= 0.6 is 0 Å². The van der Waals surface area contributed by atoms with Crippen molar-refractivity contribution in [1.82, 2.24) is 9.78 Å². The molecule has 0 atom stereocenters. The second-order valence-corrected chi connectivity index (χ2v) is 6.00. The van der Waals surface area contributed by atoms with Gasteiger partial charge in [0.15, 0.2) is 0 Å². The summed E-state index contributed by atoms with van der Waals surface area (Å²) in [7, 11) is 0. The molecule has 1 aromatic heterocycles. The van der Waals surface area contributed by atoms with Crippen molar-refractivity contribution in [3.8, 4) is 0 Å². The number of nitrogens with one attached hydrogen (secondary N) is 1. The number of anilines is 1. The Morgan fingerprint density at radius 1 is 1.15 bits per heavy atom. The maximum Gasteiger partial charge on any atom is 0.285 e. The number of aromatic nitrogens is 2. The average Bonchev–Trinajstić information content (AvgIpc) is 2.94. The smallest absolute Gasteiger partial charge is 0.285 e. The maximum atomic E-state index is 12.6. The fourth-order valence-corrected chi connectivity index (χ4v) is 2.79. The molecule has 0 radical (unpaired) electrons. The lowest BCUT2D eigenvalue weighted by Gasteiger charge is -2.10. The van der Waals surface area contributed by atoms with Crippen molar-refractivity contribution in [3.05, 3.63) is 87.1 Å². The molecule has 3 aromatic rings. The van der Waals surface area contributed by atoms with Crippen LogP contribution in [0, 0.1) is 24.0 Å². The lowest BCUT2D eigenvalue weighted by molar-refractivity contribution is -0.385. The van der Waals surface area contributed by atoms with Gasteiger partial charge in [-0.05, 0) is 25.5 Å². The Kier molecular flexibility index (Phi) is 4.79. The molecule has 1 heterocycles. The van der Waals surface area contributed by atoms with Crippen LogP contribution in [0.25, 0.3) is 0 Å². The molecule has 1 amide bonds. The van der Waals surface area contributed by atoms with Crippen molar-refractivity contribution in [2.24, 2.45) is 0 Å². The summed E-state index contributed by atoms with van der Waals surface area (Å²) in [5.41, 5.74) is 2.06. The zero-order chi connectivity index (χ0) is 18.7. The van der Waals surface area contributed by atoms with E-state index in [9.17, 15) is 14.9 Å². The van der Waals surface area contributed by atoms with Crippen LogP contribution in [-0.2, 0) is 6.54 Å². The number of amides is 1. The number of para-hydroxylation sites is 1. The number of hydrogen-bond donors (Lipinski definition) is 1. The summed E-state index contributed by atoms with van der Waals surface area (Å²) in [5.74, 6) is -0.0400. The summed E-state index contributed by atoms with van der Waals surface area (Å²) in [6, 6.07) is 16.1. The normalized spacial score (nSPS) is 10.5. The van der Waals surface area contributed by atoms with E-state index in [2.05, 4.69) is 10.4 Å². The molecule has 0 aliphatic carbocycles. The highest BCUT2D eigenvalue weighted by molar-refractivity contribution is 6.07. The Morgan fingerprint density at radius 2 is 1.88 bits per heavy atom. The molecule has 2 aromatic carbocycles. The number of rotatable bonds is 5. The van der Waals surface area contributed by atoms with E-state index in [1.54, 1.807) is 29.8 Å². The number of nitro groups is 1. The van der Waals surface area contributed by atoms with E-state index in [0.717, 1.165) is 11.3 Å². The van der Waals surface area contributed by atoms with Gasteiger partial charge in [0.05, 0.1) is 17.2 Å². The Balaban J connectivity index is 1.89. The van der Waals surface area contributed by atoms with Crippen LogP contribution in [0.15, 0.2) is 54.6 Å². The first-order valence-corrected chi connectivity index (χ1v) is 8.09. The Hall–Kier alpha value is -3.48. The van der Waals surface area contributed by atoms with Gasteiger partial charge >= 0.3 is 0 Å². The predicted octanol–water partition coefficient (Wildman–Crippen LogP) is 3.71. The molecular weight excluding hydrogens is 332 g/mol. The molecule has 0 aliphatic rings. The summed E-state index contributed by atoms with van der Waals surface area (Å²) in [5, 5.41) is 18.5. The van der Waals surface area contributed by atoms with Gasteiger partial charge in [-0.3, -0.25) is 14.9 Å². The van der Waals surface area contributed by atoms with E-state index in [0.29, 0.717) is 17.9 Å². The molecule has 1 N–H and O–H groups in total. The highest BCUT2D eigenvalue weighted by atomic mass is 16.6. The number of nitro benzene ring substituents is 1. The molecule has 0 saturated heterocycles. The number of aryl methyl sites for hydroxylation is 2. The van der Waals surface area contributed by atoms with Gasteiger partial charge in [0.2, 0.25) is 0 Å². The fourth-order valence-electron chi connectivity index (χ4n) is 2.79. The Bertz CT molecular complexity index is 964. The van der Waals surface area contributed by atoms with Gasteiger partial charge in [0.25, 0.3) is 11.6 Å². The fraction of sp³-hybridized carbons (Fsp3) is 0.158. The van der Waals surface area contributed by atoms with Crippen molar-refractivity contribution in [3.63, 3.8) is 0 Å². The second kappa shape index (κ2) is 7.18. The molecule has 0 fully saturated rings. The monoisotopic (exact) mass is 350 g/mol. The number of benzene rings is 2. The molecular formula is C19H18N4O3. The number of carbonyl (C=O) groups is 1. The Labute approximate surface area is 150 Å². The Morgan fingerprint density at radius 3 is 2.58 bits per heavy atom. The zero-order valence-corrected chi connectivity index (χ0v) is 14.5. The van der Waals surface area contributed by atoms with Crippen LogP contribution in [0.4, 0.5) is 11.5 Å². The molecule has 26 heavy (non-hydrogen) atoms. The average molecular weight is 350 g/mol. The van der Waals surface area contributed by atoms with Crippen LogP contribution in [0.2, 0.25) is 0 Å². The van der Waals surface area contributed by atoms with Crippen LogP contribution in [0.1, 0.15) is 27.2 Å². The summed E-state index contributed by atoms with van der Waals surface area (Å²) in [6.45, 7) is 3.92. The van der Waals surface area contributed by atoms with Crippen molar-refractivity contribution in [1.29, 1.82) is 0 Å². The molecule has 0 aliphatic heterocycles. The predicted molar refractivity (Wildman–Crippen MR) is 98.3 cm³/mol. The molecule has 7 heteroatoms. The molecule has 7 nitrogen and oxygen atoms in total. The van der Waals surface area contributed by atoms with Gasteiger partial charge < -0.3 is 5.32 Å². The molecule has 3 rings (SSSR count).